The van der Waals surface area contributed by atoms with E-state index in [0.717, 1.165) is 17.0 Å². The van der Waals surface area contributed by atoms with E-state index in [1.165, 1.54) is 0 Å². The van der Waals surface area contributed by atoms with Crippen LogP contribution in [0.1, 0.15) is 26.3 Å². The second-order valence-electron chi connectivity index (χ2n) is 3.57. The van der Waals surface area contributed by atoms with Crippen molar-refractivity contribution in [1.82, 2.24) is 0 Å². The fourth-order valence-corrected chi connectivity index (χ4v) is 1.37. The first-order valence-electron chi connectivity index (χ1n) is 5.17. The molecule has 0 aliphatic rings. The van der Waals surface area contributed by atoms with Gasteiger partial charge >= 0.3 is 0 Å². The van der Waals surface area contributed by atoms with Crippen LogP contribution >= 0.6 is 0 Å². The van der Waals surface area contributed by atoms with Gasteiger partial charge in [-0.15, -0.1) is 0 Å². The summed E-state index contributed by atoms with van der Waals surface area (Å²) in [5.41, 5.74) is 8.86. The van der Waals surface area contributed by atoms with Crippen LogP contribution in [0, 0.1) is 0 Å². The molecule has 1 atom stereocenters. The average molecular weight is 202 g/mol. The summed E-state index contributed by atoms with van der Waals surface area (Å²) in [7, 11) is 0. The fraction of sp³-hybridized carbons (Fsp3) is 0.308. The molecule has 0 amide bonds. The topological polar surface area (TPSA) is 38.4 Å². The van der Waals surface area contributed by atoms with Gasteiger partial charge in [0.1, 0.15) is 0 Å². The van der Waals surface area contributed by atoms with Gasteiger partial charge in [0.15, 0.2) is 0 Å². The molecule has 1 aromatic carbocycles. The van der Waals surface area contributed by atoms with E-state index in [-0.39, 0.29) is 6.04 Å². The Morgan fingerprint density at radius 1 is 1.33 bits per heavy atom. The second-order valence-corrected chi connectivity index (χ2v) is 3.57. The molecule has 2 heteroatoms. The highest BCUT2D eigenvalue weighted by atomic mass is 14.8. The molecule has 0 radical (unpaired) electrons. The summed E-state index contributed by atoms with van der Waals surface area (Å²) in [4.78, 5) is 4.52. The lowest BCUT2D eigenvalue weighted by Crippen LogP contribution is -2.17. The molecule has 1 unspecified atom stereocenters. The Bertz CT molecular complexity index is 361. The molecule has 0 saturated heterocycles. The molecule has 80 valence electrons. The molecule has 0 fully saturated rings. The average Bonchev–Trinajstić information content (AvgIpc) is 2.26. The highest BCUT2D eigenvalue weighted by Gasteiger charge is 2.02. The number of aliphatic imine (C=N–C) groups is 1. The van der Waals surface area contributed by atoms with Crippen molar-refractivity contribution in [2.45, 2.75) is 26.8 Å². The SMILES string of the molecule is C/C=C(\N=C(C)c1ccccc1)C(C)N. The van der Waals surface area contributed by atoms with Gasteiger partial charge in [-0.25, -0.2) is 0 Å². The number of rotatable bonds is 3. The molecule has 0 aromatic heterocycles. The van der Waals surface area contributed by atoms with Crippen LogP contribution in [-0.4, -0.2) is 11.8 Å². The third kappa shape index (κ3) is 3.33. The zero-order valence-electron chi connectivity index (χ0n) is 9.57. The minimum atomic E-state index is -0.0198. The van der Waals surface area contributed by atoms with E-state index >= 15 is 0 Å². The van der Waals surface area contributed by atoms with Gasteiger partial charge in [0.05, 0.1) is 5.70 Å². The summed E-state index contributed by atoms with van der Waals surface area (Å²) in [6.45, 7) is 5.90. The number of hydrogen-bond acceptors (Lipinski definition) is 2. The summed E-state index contributed by atoms with van der Waals surface area (Å²) in [6.07, 6.45) is 1.96. The van der Waals surface area contributed by atoms with Crippen LogP contribution in [-0.2, 0) is 0 Å². The van der Waals surface area contributed by atoms with Gasteiger partial charge < -0.3 is 5.73 Å². The van der Waals surface area contributed by atoms with Crippen LogP contribution < -0.4 is 5.73 Å². The summed E-state index contributed by atoms with van der Waals surface area (Å²) >= 11 is 0. The lowest BCUT2D eigenvalue weighted by Gasteiger charge is -2.07. The van der Waals surface area contributed by atoms with Crippen molar-refractivity contribution < 1.29 is 0 Å². The molecule has 0 bridgehead atoms. The highest BCUT2D eigenvalue weighted by Crippen LogP contribution is 2.07. The van der Waals surface area contributed by atoms with E-state index in [0.29, 0.717) is 0 Å². The quantitative estimate of drug-likeness (QED) is 0.752. The molecule has 0 saturated carbocycles. The standard InChI is InChI=1S/C13H18N2/c1-4-13(10(2)14)15-11(3)12-8-6-5-7-9-12/h4-10H,14H2,1-3H3/b13-4-,15-11?. The molecule has 0 aliphatic heterocycles. The van der Waals surface area contributed by atoms with E-state index in [4.69, 9.17) is 5.73 Å². The molecule has 2 nitrogen and oxygen atoms in total. The van der Waals surface area contributed by atoms with E-state index in [1.54, 1.807) is 0 Å². The Kier molecular flexibility index (Phi) is 4.25. The third-order valence-corrected chi connectivity index (χ3v) is 2.25. The summed E-state index contributed by atoms with van der Waals surface area (Å²) in [5.74, 6) is 0. The second kappa shape index (κ2) is 5.47. The lowest BCUT2D eigenvalue weighted by molar-refractivity contribution is 0.844. The minimum Gasteiger partial charge on any atom is -0.323 e. The van der Waals surface area contributed by atoms with Gasteiger partial charge in [0, 0.05) is 11.8 Å². The number of nitrogens with two attached hydrogens (primary N) is 1. The van der Waals surface area contributed by atoms with Gasteiger partial charge in [0.2, 0.25) is 0 Å². The third-order valence-electron chi connectivity index (χ3n) is 2.25. The summed E-state index contributed by atoms with van der Waals surface area (Å²) < 4.78 is 0. The zero-order chi connectivity index (χ0) is 11.3. The Labute approximate surface area is 91.5 Å². The van der Waals surface area contributed by atoms with Crippen LogP contribution in [0.5, 0.6) is 0 Å². The molecule has 2 N–H and O–H groups in total. The first-order chi connectivity index (χ1) is 7.15. The monoisotopic (exact) mass is 202 g/mol. The molecule has 1 aromatic rings. The van der Waals surface area contributed by atoms with Gasteiger partial charge in [-0.05, 0) is 26.3 Å². The van der Waals surface area contributed by atoms with E-state index in [2.05, 4.69) is 4.99 Å². The van der Waals surface area contributed by atoms with Gasteiger partial charge in [-0.2, -0.15) is 0 Å². The Morgan fingerprint density at radius 3 is 2.40 bits per heavy atom. The zero-order valence-corrected chi connectivity index (χ0v) is 9.57. The first kappa shape index (κ1) is 11.7. The van der Waals surface area contributed by atoms with Gasteiger partial charge in [0.25, 0.3) is 0 Å². The van der Waals surface area contributed by atoms with Gasteiger partial charge in [-0.3, -0.25) is 4.99 Å². The fourth-order valence-electron chi connectivity index (χ4n) is 1.37. The van der Waals surface area contributed by atoms with Crippen molar-refractivity contribution in [3.63, 3.8) is 0 Å². The molecule has 0 spiro atoms. The van der Waals surface area contributed by atoms with Crippen molar-refractivity contribution in [2.75, 3.05) is 0 Å². The molecular weight excluding hydrogens is 184 g/mol. The highest BCUT2D eigenvalue weighted by molar-refractivity contribution is 5.99. The maximum absolute atomic E-state index is 5.80. The van der Waals surface area contributed by atoms with Crippen molar-refractivity contribution in [1.29, 1.82) is 0 Å². The van der Waals surface area contributed by atoms with Crippen molar-refractivity contribution in [2.24, 2.45) is 10.7 Å². The largest absolute Gasteiger partial charge is 0.323 e. The maximum atomic E-state index is 5.80. The summed E-state index contributed by atoms with van der Waals surface area (Å²) in [5, 5.41) is 0. The van der Waals surface area contributed by atoms with E-state index in [9.17, 15) is 0 Å². The number of hydrogen-bond donors (Lipinski definition) is 1. The summed E-state index contributed by atoms with van der Waals surface area (Å²) in [6, 6.07) is 10.1. The van der Waals surface area contributed by atoms with Crippen LogP contribution in [0.15, 0.2) is 47.1 Å². The van der Waals surface area contributed by atoms with Crippen molar-refractivity contribution in [3.05, 3.63) is 47.7 Å². The maximum Gasteiger partial charge on any atom is 0.0529 e. The molecule has 0 heterocycles. The van der Waals surface area contributed by atoms with Crippen LogP contribution in [0.3, 0.4) is 0 Å². The first-order valence-corrected chi connectivity index (χ1v) is 5.17. The molecule has 1 rings (SSSR count). The van der Waals surface area contributed by atoms with Crippen molar-refractivity contribution in [3.8, 4) is 0 Å². The van der Waals surface area contributed by atoms with Crippen molar-refractivity contribution >= 4 is 5.71 Å². The smallest absolute Gasteiger partial charge is 0.0529 e. The molecular formula is C13H18N2. The minimum absolute atomic E-state index is 0.0198. The Morgan fingerprint density at radius 2 is 1.93 bits per heavy atom. The predicted molar refractivity (Wildman–Crippen MR) is 66.1 cm³/mol. The number of benzene rings is 1. The Hall–Kier alpha value is -1.41. The van der Waals surface area contributed by atoms with E-state index in [1.807, 2.05) is 57.2 Å². The Balaban J connectivity index is 2.94. The number of allylic oxidation sites excluding steroid dienone is 1. The molecule has 15 heavy (non-hydrogen) atoms. The normalized spacial score (nSPS) is 15.2. The van der Waals surface area contributed by atoms with Crippen LogP contribution in [0.25, 0.3) is 0 Å². The van der Waals surface area contributed by atoms with E-state index < -0.39 is 0 Å². The molecule has 0 aliphatic carbocycles. The van der Waals surface area contributed by atoms with Gasteiger partial charge in [-0.1, -0.05) is 36.4 Å². The predicted octanol–water partition coefficient (Wildman–Crippen LogP) is 2.75. The number of nitrogens with zero attached hydrogens (tertiary/aromatic N) is 1. The van der Waals surface area contributed by atoms with Crippen LogP contribution in [0.2, 0.25) is 0 Å². The van der Waals surface area contributed by atoms with Crippen LogP contribution in [0.4, 0.5) is 0 Å². The lowest BCUT2D eigenvalue weighted by atomic mass is 10.1.